The minimum atomic E-state index is -4.44. The van der Waals surface area contributed by atoms with Crippen LogP contribution in [0, 0.1) is 0 Å². The third-order valence-corrected chi connectivity index (χ3v) is 6.24. The Hall–Kier alpha value is -1.99. The SMILES string of the molecule is O=C(NCCCSc1ccccc1)C1(c2cccc(C(F)(F)F)c2)CCOCC1. The zero-order chi connectivity index (χ0) is 20.7. The average molecular weight is 424 g/mol. The van der Waals surface area contributed by atoms with Gasteiger partial charge in [-0.1, -0.05) is 36.4 Å². The maximum atomic E-state index is 13.2. The molecule has 0 aromatic heterocycles. The molecule has 0 spiro atoms. The first-order chi connectivity index (χ1) is 13.9. The highest BCUT2D eigenvalue weighted by Crippen LogP contribution is 2.38. The van der Waals surface area contributed by atoms with Crippen LogP contribution in [0.15, 0.2) is 59.5 Å². The van der Waals surface area contributed by atoms with Crippen molar-refractivity contribution in [2.75, 3.05) is 25.5 Å². The second-order valence-corrected chi connectivity index (χ2v) is 8.21. The van der Waals surface area contributed by atoms with Crippen molar-refractivity contribution in [1.29, 1.82) is 0 Å². The second kappa shape index (κ2) is 9.67. The summed E-state index contributed by atoms with van der Waals surface area (Å²) in [7, 11) is 0. The summed E-state index contributed by atoms with van der Waals surface area (Å²) in [6.07, 6.45) is -2.91. The van der Waals surface area contributed by atoms with Crippen LogP contribution in [0.4, 0.5) is 13.2 Å². The molecule has 1 N–H and O–H groups in total. The van der Waals surface area contributed by atoms with Crippen molar-refractivity contribution >= 4 is 17.7 Å². The van der Waals surface area contributed by atoms with Crippen LogP contribution in [0.3, 0.4) is 0 Å². The molecule has 1 fully saturated rings. The van der Waals surface area contributed by atoms with Gasteiger partial charge in [0, 0.05) is 24.7 Å². The van der Waals surface area contributed by atoms with E-state index in [1.807, 2.05) is 30.3 Å². The topological polar surface area (TPSA) is 38.3 Å². The minimum absolute atomic E-state index is 0.218. The third kappa shape index (κ3) is 5.54. The van der Waals surface area contributed by atoms with Gasteiger partial charge in [-0.2, -0.15) is 13.2 Å². The summed E-state index contributed by atoms with van der Waals surface area (Å²) < 4.78 is 44.9. The van der Waals surface area contributed by atoms with Crippen molar-refractivity contribution in [1.82, 2.24) is 5.32 Å². The first-order valence-corrected chi connectivity index (χ1v) is 10.6. The van der Waals surface area contributed by atoms with E-state index in [9.17, 15) is 18.0 Å². The smallest absolute Gasteiger partial charge is 0.381 e. The predicted octanol–water partition coefficient (Wildman–Crippen LogP) is 5.05. The van der Waals surface area contributed by atoms with Crippen molar-refractivity contribution in [2.24, 2.45) is 0 Å². The van der Waals surface area contributed by atoms with Gasteiger partial charge in [-0.3, -0.25) is 4.79 Å². The van der Waals surface area contributed by atoms with E-state index in [2.05, 4.69) is 5.32 Å². The summed E-state index contributed by atoms with van der Waals surface area (Å²) >= 11 is 1.71. The lowest BCUT2D eigenvalue weighted by Gasteiger charge is -2.36. The summed E-state index contributed by atoms with van der Waals surface area (Å²) in [5.41, 5.74) is -1.30. The Morgan fingerprint density at radius 2 is 1.79 bits per heavy atom. The molecule has 2 aromatic rings. The number of thioether (sulfide) groups is 1. The number of hydrogen-bond donors (Lipinski definition) is 1. The Morgan fingerprint density at radius 1 is 1.07 bits per heavy atom. The maximum absolute atomic E-state index is 13.2. The van der Waals surface area contributed by atoms with E-state index in [1.54, 1.807) is 17.8 Å². The Kier molecular flexibility index (Phi) is 7.24. The molecule has 3 rings (SSSR count). The third-order valence-electron chi connectivity index (χ3n) is 5.14. The molecule has 0 radical (unpaired) electrons. The highest BCUT2D eigenvalue weighted by atomic mass is 32.2. The van der Waals surface area contributed by atoms with E-state index in [4.69, 9.17) is 4.74 Å². The zero-order valence-corrected chi connectivity index (χ0v) is 16.8. The summed E-state index contributed by atoms with van der Waals surface area (Å²) in [6, 6.07) is 15.1. The van der Waals surface area contributed by atoms with Gasteiger partial charge in [0.05, 0.1) is 11.0 Å². The van der Waals surface area contributed by atoms with Crippen molar-refractivity contribution in [2.45, 2.75) is 35.7 Å². The fourth-order valence-electron chi connectivity index (χ4n) is 3.51. The standard InChI is InChI=1S/C22H24F3NO2S/c23-22(24,25)18-7-4-6-17(16-18)21(10-13-28-14-11-21)20(27)26-12-5-15-29-19-8-2-1-3-9-19/h1-4,6-9,16H,5,10-15H2,(H,26,27). The van der Waals surface area contributed by atoms with Crippen LogP contribution < -0.4 is 5.32 Å². The lowest BCUT2D eigenvalue weighted by molar-refractivity contribution is -0.138. The van der Waals surface area contributed by atoms with E-state index in [0.717, 1.165) is 24.3 Å². The summed E-state index contributed by atoms with van der Waals surface area (Å²) in [5.74, 6) is 0.633. The number of halogens is 3. The molecule has 1 aliphatic heterocycles. The molecule has 1 heterocycles. The van der Waals surface area contributed by atoms with Crippen LogP contribution in [-0.4, -0.2) is 31.4 Å². The molecule has 29 heavy (non-hydrogen) atoms. The number of benzene rings is 2. The fourth-order valence-corrected chi connectivity index (χ4v) is 4.38. The Morgan fingerprint density at radius 3 is 2.48 bits per heavy atom. The van der Waals surface area contributed by atoms with E-state index < -0.39 is 17.2 Å². The molecule has 0 atom stereocenters. The van der Waals surface area contributed by atoms with Gasteiger partial charge in [0.25, 0.3) is 0 Å². The van der Waals surface area contributed by atoms with Crippen LogP contribution >= 0.6 is 11.8 Å². The molecule has 0 unspecified atom stereocenters. The van der Waals surface area contributed by atoms with Crippen LogP contribution in [-0.2, 0) is 21.1 Å². The lowest BCUT2D eigenvalue weighted by atomic mass is 9.73. The molecule has 7 heteroatoms. The normalized spacial score (nSPS) is 16.4. The average Bonchev–Trinajstić information content (AvgIpc) is 2.74. The first-order valence-electron chi connectivity index (χ1n) is 9.63. The van der Waals surface area contributed by atoms with E-state index in [0.29, 0.717) is 38.2 Å². The number of nitrogens with one attached hydrogen (secondary N) is 1. The zero-order valence-electron chi connectivity index (χ0n) is 16.0. The van der Waals surface area contributed by atoms with Gasteiger partial charge < -0.3 is 10.1 Å². The van der Waals surface area contributed by atoms with Gasteiger partial charge in [-0.05, 0) is 48.8 Å². The number of rotatable bonds is 7. The molecule has 0 aliphatic carbocycles. The molecule has 1 amide bonds. The van der Waals surface area contributed by atoms with Gasteiger partial charge in [-0.15, -0.1) is 11.8 Å². The molecule has 1 aliphatic rings. The molecule has 156 valence electrons. The molecule has 0 bridgehead atoms. The molecule has 0 saturated carbocycles. The highest BCUT2D eigenvalue weighted by Gasteiger charge is 2.42. The highest BCUT2D eigenvalue weighted by molar-refractivity contribution is 7.99. The van der Waals surface area contributed by atoms with Gasteiger partial charge >= 0.3 is 6.18 Å². The van der Waals surface area contributed by atoms with Crippen molar-refractivity contribution in [3.05, 3.63) is 65.7 Å². The lowest BCUT2D eigenvalue weighted by Crippen LogP contribution is -2.48. The van der Waals surface area contributed by atoms with Gasteiger partial charge in [0.2, 0.25) is 5.91 Å². The molecule has 1 saturated heterocycles. The van der Waals surface area contributed by atoms with Crippen LogP contribution in [0.1, 0.15) is 30.4 Å². The van der Waals surface area contributed by atoms with Crippen LogP contribution in [0.25, 0.3) is 0 Å². The Labute approximate surface area is 173 Å². The first kappa shape index (κ1) is 21.7. The maximum Gasteiger partial charge on any atom is 0.416 e. The van der Waals surface area contributed by atoms with Crippen LogP contribution in [0.2, 0.25) is 0 Å². The van der Waals surface area contributed by atoms with E-state index in [1.165, 1.54) is 11.0 Å². The van der Waals surface area contributed by atoms with Crippen molar-refractivity contribution in [3.63, 3.8) is 0 Å². The quantitative estimate of drug-likeness (QED) is 0.500. The number of carbonyl (C=O) groups is 1. The molecule has 2 aromatic carbocycles. The van der Waals surface area contributed by atoms with E-state index in [-0.39, 0.29) is 5.91 Å². The summed E-state index contributed by atoms with van der Waals surface area (Å²) in [6.45, 7) is 1.20. The fraction of sp³-hybridized carbons (Fsp3) is 0.409. The molecular weight excluding hydrogens is 399 g/mol. The second-order valence-electron chi connectivity index (χ2n) is 7.04. The number of ether oxygens (including phenoxy) is 1. The number of hydrogen-bond acceptors (Lipinski definition) is 3. The van der Waals surface area contributed by atoms with Crippen LogP contribution in [0.5, 0.6) is 0 Å². The van der Waals surface area contributed by atoms with Gasteiger partial charge in [0.15, 0.2) is 0 Å². The molecule has 3 nitrogen and oxygen atoms in total. The monoisotopic (exact) mass is 423 g/mol. The number of amides is 1. The van der Waals surface area contributed by atoms with Crippen molar-refractivity contribution < 1.29 is 22.7 Å². The molecular formula is C22H24F3NO2S. The number of carbonyl (C=O) groups excluding carboxylic acids is 1. The summed E-state index contributed by atoms with van der Waals surface area (Å²) in [4.78, 5) is 14.2. The number of alkyl halides is 3. The largest absolute Gasteiger partial charge is 0.416 e. The Balaban J connectivity index is 1.64. The van der Waals surface area contributed by atoms with Gasteiger partial charge in [-0.25, -0.2) is 0 Å². The van der Waals surface area contributed by atoms with Gasteiger partial charge in [0.1, 0.15) is 0 Å². The predicted molar refractivity (Wildman–Crippen MR) is 108 cm³/mol. The summed E-state index contributed by atoms with van der Waals surface area (Å²) in [5, 5.41) is 2.95. The van der Waals surface area contributed by atoms with E-state index >= 15 is 0 Å². The minimum Gasteiger partial charge on any atom is -0.381 e. The Bertz CT molecular complexity index is 805. The van der Waals surface area contributed by atoms with Crippen molar-refractivity contribution in [3.8, 4) is 0 Å².